The highest BCUT2D eigenvalue weighted by Gasteiger charge is 2.07. The van der Waals surface area contributed by atoms with Crippen molar-refractivity contribution in [2.24, 2.45) is 7.05 Å². The van der Waals surface area contributed by atoms with Crippen LogP contribution in [-0.4, -0.2) is 27.3 Å². The summed E-state index contributed by atoms with van der Waals surface area (Å²) in [5.74, 6) is 1.09. The summed E-state index contributed by atoms with van der Waals surface area (Å²) >= 11 is 8.46. The monoisotopic (exact) mass is 406 g/mol. The van der Waals surface area contributed by atoms with E-state index in [9.17, 15) is 4.79 Å². The molecule has 0 aliphatic rings. The third kappa shape index (κ3) is 3.82. The first-order valence-electron chi connectivity index (χ1n) is 7.22. The molecule has 0 spiro atoms. The zero-order valence-electron chi connectivity index (χ0n) is 12.9. The fourth-order valence-electron chi connectivity index (χ4n) is 2.20. The van der Waals surface area contributed by atoms with Crippen molar-refractivity contribution in [3.63, 3.8) is 0 Å². The molecule has 0 saturated carbocycles. The van der Waals surface area contributed by atoms with Gasteiger partial charge in [-0.2, -0.15) is 5.10 Å². The number of hydrogen-bond donors (Lipinski definition) is 2. The lowest BCUT2D eigenvalue weighted by Crippen LogP contribution is -2.29. The molecule has 6 nitrogen and oxygen atoms in total. The number of H-pyrrole nitrogens is 1. The lowest BCUT2D eigenvalue weighted by Gasteiger charge is -2.08. The molecule has 1 heterocycles. The molecule has 124 valence electrons. The lowest BCUT2D eigenvalue weighted by atomic mass is 10.1. The molecule has 1 amide bonds. The Morgan fingerprint density at radius 1 is 1.33 bits per heavy atom. The van der Waals surface area contributed by atoms with Crippen molar-refractivity contribution in [1.82, 2.24) is 20.1 Å². The molecule has 0 atom stereocenters. The van der Waals surface area contributed by atoms with Crippen LogP contribution in [0, 0.1) is 4.77 Å². The molecule has 24 heavy (non-hydrogen) atoms. The molecule has 2 N–H and O–H groups in total. The average molecular weight is 407 g/mol. The van der Waals surface area contributed by atoms with E-state index in [1.807, 2.05) is 36.4 Å². The Kier molecular flexibility index (Phi) is 4.96. The fourth-order valence-corrected chi connectivity index (χ4v) is 2.73. The number of halogens is 1. The second-order valence-electron chi connectivity index (χ2n) is 5.22. The van der Waals surface area contributed by atoms with Gasteiger partial charge in [0.1, 0.15) is 5.75 Å². The Bertz CT molecular complexity index is 951. The van der Waals surface area contributed by atoms with Gasteiger partial charge < -0.3 is 14.6 Å². The molecule has 3 rings (SSSR count). The van der Waals surface area contributed by atoms with Gasteiger partial charge in [0.25, 0.3) is 5.91 Å². The van der Waals surface area contributed by atoms with Crippen LogP contribution in [0.4, 0.5) is 0 Å². The quantitative estimate of drug-likeness (QED) is 0.638. The lowest BCUT2D eigenvalue weighted by molar-refractivity contribution is -0.123. The van der Waals surface area contributed by atoms with Gasteiger partial charge in [0.05, 0.1) is 6.54 Å². The van der Waals surface area contributed by atoms with Crippen molar-refractivity contribution < 1.29 is 9.53 Å². The number of aromatic nitrogens is 3. The minimum absolute atomic E-state index is 0.0586. The van der Waals surface area contributed by atoms with Gasteiger partial charge >= 0.3 is 0 Å². The van der Waals surface area contributed by atoms with E-state index in [-0.39, 0.29) is 19.1 Å². The molecule has 0 fully saturated rings. The molecule has 0 radical (unpaired) electrons. The molecule has 0 saturated heterocycles. The summed E-state index contributed by atoms with van der Waals surface area (Å²) in [6.07, 6.45) is 0. The van der Waals surface area contributed by atoms with E-state index >= 15 is 0 Å². The van der Waals surface area contributed by atoms with E-state index in [1.54, 1.807) is 11.6 Å². The Balaban J connectivity index is 1.57. The zero-order chi connectivity index (χ0) is 17.1. The molecular weight excluding hydrogens is 392 g/mol. The maximum atomic E-state index is 11.9. The number of amides is 1. The summed E-state index contributed by atoms with van der Waals surface area (Å²) in [6.45, 7) is 0.231. The van der Waals surface area contributed by atoms with Crippen LogP contribution in [-0.2, 0) is 18.4 Å². The Morgan fingerprint density at radius 3 is 2.83 bits per heavy atom. The summed E-state index contributed by atoms with van der Waals surface area (Å²) in [5, 5.41) is 11.6. The number of rotatable bonds is 5. The predicted octanol–water partition coefficient (Wildman–Crippen LogP) is 3.09. The molecule has 8 heteroatoms. The van der Waals surface area contributed by atoms with Crippen LogP contribution >= 0.6 is 28.1 Å². The van der Waals surface area contributed by atoms with Gasteiger partial charge in [-0.1, -0.05) is 28.1 Å². The minimum atomic E-state index is -0.222. The summed E-state index contributed by atoms with van der Waals surface area (Å²) in [6, 6.07) is 11.7. The average Bonchev–Trinajstić information content (AvgIpc) is 2.90. The van der Waals surface area contributed by atoms with Gasteiger partial charge in [0.15, 0.2) is 17.2 Å². The van der Waals surface area contributed by atoms with Gasteiger partial charge in [-0.05, 0) is 47.3 Å². The summed E-state index contributed by atoms with van der Waals surface area (Å²) in [4.78, 5) is 11.9. The van der Waals surface area contributed by atoms with Crippen molar-refractivity contribution in [2.45, 2.75) is 6.54 Å². The summed E-state index contributed by atoms with van der Waals surface area (Å²) < 4.78 is 8.79. The smallest absolute Gasteiger partial charge is 0.258 e. The van der Waals surface area contributed by atoms with Crippen molar-refractivity contribution >= 4 is 44.8 Å². The van der Waals surface area contributed by atoms with Gasteiger partial charge in [-0.15, -0.1) is 0 Å². The second-order valence-corrected chi connectivity index (χ2v) is 6.53. The van der Waals surface area contributed by atoms with Gasteiger partial charge in [-0.25, -0.2) is 0 Å². The molecule has 0 aliphatic carbocycles. The van der Waals surface area contributed by atoms with E-state index in [4.69, 9.17) is 17.0 Å². The molecule has 1 aromatic heterocycles. The number of nitrogens with one attached hydrogen (secondary N) is 2. The number of hydrogen-bond acceptors (Lipinski definition) is 4. The summed E-state index contributed by atoms with van der Waals surface area (Å²) in [5.41, 5.74) is 0. The first-order valence-corrected chi connectivity index (χ1v) is 8.42. The van der Waals surface area contributed by atoms with Gasteiger partial charge in [0.2, 0.25) is 0 Å². The number of fused-ring (bicyclic) bond motifs is 1. The van der Waals surface area contributed by atoms with E-state index in [1.165, 1.54) is 0 Å². The third-order valence-corrected chi connectivity index (χ3v) is 4.42. The third-order valence-electron chi connectivity index (χ3n) is 3.56. The highest BCUT2D eigenvalue weighted by molar-refractivity contribution is 9.10. The Hall–Kier alpha value is -2.19. The maximum absolute atomic E-state index is 11.9. The second kappa shape index (κ2) is 7.14. The van der Waals surface area contributed by atoms with Crippen LogP contribution in [0.3, 0.4) is 0 Å². The first-order chi connectivity index (χ1) is 11.5. The molecule has 0 unspecified atom stereocenters. The van der Waals surface area contributed by atoms with E-state index < -0.39 is 0 Å². The van der Waals surface area contributed by atoms with Crippen molar-refractivity contribution in [2.75, 3.05) is 6.61 Å². The Labute approximate surface area is 152 Å². The minimum Gasteiger partial charge on any atom is -0.484 e. The van der Waals surface area contributed by atoms with E-state index in [0.29, 0.717) is 16.3 Å². The van der Waals surface area contributed by atoms with Gasteiger partial charge in [-0.3, -0.25) is 9.89 Å². The first kappa shape index (κ1) is 16.7. The molecule has 0 aliphatic heterocycles. The van der Waals surface area contributed by atoms with E-state index in [0.717, 1.165) is 15.2 Å². The number of carbonyl (C=O) groups excluding carboxylic acids is 1. The largest absolute Gasteiger partial charge is 0.484 e. The molecular formula is C16H15BrN4O2S. The summed E-state index contributed by atoms with van der Waals surface area (Å²) in [7, 11) is 1.79. The van der Waals surface area contributed by atoms with Crippen LogP contribution in [0.5, 0.6) is 5.75 Å². The van der Waals surface area contributed by atoms with E-state index in [2.05, 4.69) is 31.4 Å². The maximum Gasteiger partial charge on any atom is 0.258 e. The highest BCUT2D eigenvalue weighted by atomic mass is 79.9. The van der Waals surface area contributed by atoms with Crippen LogP contribution in [0.25, 0.3) is 10.8 Å². The molecule has 3 aromatic rings. The number of aromatic amines is 1. The topological polar surface area (TPSA) is 71.9 Å². The normalized spacial score (nSPS) is 10.8. The highest BCUT2D eigenvalue weighted by Crippen LogP contribution is 2.24. The number of nitrogens with zero attached hydrogens (tertiary/aromatic N) is 2. The van der Waals surface area contributed by atoms with Crippen molar-refractivity contribution in [3.8, 4) is 5.75 Å². The predicted molar refractivity (Wildman–Crippen MR) is 97.4 cm³/mol. The molecule has 0 bridgehead atoms. The fraction of sp³-hybridized carbons (Fsp3) is 0.188. The number of carbonyl (C=O) groups is 1. The van der Waals surface area contributed by atoms with Crippen molar-refractivity contribution in [1.29, 1.82) is 0 Å². The van der Waals surface area contributed by atoms with Crippen molar-refractivity contribution in [3.05, 3.63) is 51.5 Å². The number of ether oxygens (including phenoxy) is 1. The zero-order valence-corrected chi connectivity index (χ0v) is 15.3. The van der Waals surface area contributed by atoms with Crippen LogP contribution in [0.15, 0.2) is 40.9 Å². The SMILES string of the molecule is Cn1c(CNC(=O)COc2ccc3cc(Br)ccc3c2)n[nH]c1=S. The number of benzene rings is 2. The van der Waals surface area contributed by atoms with Crippen LogP contribution in [0.1, 0.15) is 5.82 Å². The molecule has 2 aromatic carbocycles. The standard InChI is InChI=1S/C16H15BrN4O2S/c1-21-14(19-20-16(21)24)8-18-15(22)9-23-13-5-3-10-6-12(17)4-2-11(10)7-13/h2-7H,8-9H2,1H3,(H,18,22)(H,20,24). The Morgan fingerprint density at radius 2 is 2.08 bits per heavy atom. The van der Waals surface area contributed by atoms with Crippen LogP contribution in [0.2, 0.25) is 0 Å². The van der Waals surface area contributed by atoms with Gasteiger partial charge in [0, 0.05) is 11.5 Å². The van der Waals surface area contributed by atoms with Crippen LogP contribution < -0.4 is 10.1 Å².